The first-order chi connectivity index (χ1) is 33.1. The third-order valence-electron chi connectivity index (χ3n) is 17.3. The highest BCUT2D eigenvalue weighted by molar-refractivity contribution is 7.22. The number of rotatable bonds is 5. The number of fused-ring (bicyclic) bond motifs is 4. The number of nitrogens with zero attached hydrogens (tertiary/aromatic N) is 3. The van der Waals surface area contributed by atoms with E-state index in [9.17, 15) is 0 Å². The molecule has 1 aromatic heterocycles. The Morgan fingerprint density at radius 3 is 1.37 bits per heavy atom. The minimum atomic E-state index is -0.0384. The first-order valence-corrected chi connectivity index (χ1v) is 27.3. The number of anilines is 6. The lowest BCUT2D eigenvalue weighted by molar-refractivity contribution is -0.00514. The zero-order chi connectivity index (χ0) is 48.9. The Labute approximate surface area is 423 Å². The van der Waals surface area contributed by atoms with E-state index in [0.717, 1.165) is 33.9 Å². The van der Waals surface area contributed by atoms with E-state index in [1.54, 1.807) is 5.56 Å². The lowest BCUT2D eigenvalue weighted by atomic mass is 9.35. The molecule has 4 saturated carbocycles. The molecule has 2 aliphatic heterocycles. The quantitative estimate of drug-likeness (QED) is 0.160. The Bertz CT molecular complexity index is 3110. The van der Waals surface area contributed by atoms with Crippen molar-refractivity contribution in [2.24, 2.45) is 17.8 Å². The molecular weight excluding hydrogens is 866 g/mol. The van der Waals surface area contributed by atoms with Crippen LogP contribution < -0.4 is 26.3 Å². The molecule has 0 atom stereocenters. The average molecular weight is 938 g/mol. The predicted octanol–water partition coefficient (Wildman–Crippen LogP) is 16.2. The summed E-state index contributed by atoms with van der Waals surface area (Å²) in [5.41, 5.74) is 21.2. The molecule has 6 aromatic carbocycles. The molecule has 6 aliphatic rings. The van der Waals surface area contributed by atoms with E-state index in [-0.39, 0.29) is 33.8 Å². The van der Waals surface area contributed by atoms with Gasteiger partial charge in [-0.05, 0) is 176 Å². The minimum Gasteiger partial charge on any atom is -0.311 e. The summed E-state index contributed by atoms with van der Waals surface area (Å²) in [6.45, 7) is 27.8. The van der Waals surface area contributed by atoms with Crippen molar-refractivity contribution in [2.75, 3.05) is 9.80 Å². The molecule has 13 rings (SSSR count). The van der Waals surface area contributed by atoms with Crippen LogP contribution in [0.3, 0.4) is 0 Å². The summed E-state index contributed by atoms with van der Waals surface area (Å²) in [6.07, 6.45) is 8.24. The summed E-state index contributed by atoms with van der Waals surface area (Å²) in [4.78, 5) is 11.2. The van der Waals surface area contributed by atoms with Crippen LogP contribution in [0.15, 0.2) is 127 Å². The molecule has 0 saturated heterocycles. The van der Waals surface area contributed by atoms with Crippen LogP contribution in [0.25, 0.3) is 21.7 Å². The molecule has 3 heterocycles. The van der Waals surface area contributed by atoms with Gasteiger partial charge in [0.25, 0.3) is 6.71 Å². The summed E-state index contributed by atoms with van der Waals surface area (Å²) in [5.74, 6) is 2.53. The van der Waals surface area contributed by atoms with Crippen molar-refractivity contribution in [3.05, 3.63) is 155 Å². The third kappa shape index (κ3) is 7.62. The summed E-state index contributed by atoms with van der Waals surface area (Å²) >= 11 is 1.87. The molecule has 0 amide bonds. The molecule has 7 aromatic rings. The van der Waals surface area contributed by atoms with Crippen LogP contribution in [0.5, 0.6) is 0 Å². The van der Waals surface area contributed by atoms with E-state index >= 15 is 0 Å². The lowest BCUT2D eigenvalue weighted by Crippen LogP contribution is -2.62. The average Bonchev–Trinajstić information content (AvgIpc) is 3.75. The molecule has 356 valence electrons. The number of benzene rings is 6. The fourth-order valence-electron chi connectivity index (χ4n) is 13.7. The fraction of sp³-hybridized carbons (Fsp3) is 0.400. The molecular formula is C65H72BN3S. The van der Waals surface area contributed by atoms with Crippen LogP contribution in [0.2, 0.25) is 0 Å². The first kappa shape index (κ1) is 45.7. The monoisotopic (exact) mass is 938 g/mol. The van der Waals surface area contributed by atoms with Gasteiger partial charge in [-0.25, -0.2) is 4.98 Å². The third-order valence-corrected chi connectivity index (χ3v) is 18.4. The topological polar surface area (TPSA) is 19.4 Å². The Balaban J connectivity index is 1.10. The number of hydrogen-bond donors (Lipinski definition) is 0. The molecule has 4 aliphatic carbocycles. The van der Waals surface area contributed by atoms with Gasteiger partial charge in [-0.1, -0.05) is 179 Å². The summed E-state index contributed by atoms with van der Waals surface area (Å²) in [5, 5.41) is 2.31. The van der Waals surface area contributed by atoms with Crippen molar-refractivity contribution in [1.29, 1.82) is 0 Å². The molecule has 0 unspecified atom stereocenters. The predicted molar refractivity (Wildman–Crippen MR) is 302 cm³/mol. The van der Waals surface area contributed by atoms with Crippen molar-refractivity contribution < 1.29 is 0 Å². The largest absolute Gasteiger partial charge is 0.311 e. The van der Waals surface area contributed by atoms with E-state index in [2.05, 4.69) is 220 Å². The maximum Gasteiger partial charge on any atom is 0.276 e. The van der Waals surface area contributed by atoms with Gasteiger partial charge < -0.3 is 9.80 Å². The smallest absolute Gasteiger partial charge is 0.276 e. The zero-order valence-corrected chi connectivity index (χ0v) is 44.7. The van der Waals surface area contributed by atoms with Crippen molar-refractivity contribution in [2.45, 2.75) is 149 Å². The normalized spacial score (nSPS) is 21.5. The van der Waals surface area contributed by atoms with Crippen LogP contribution in [0, 0.1) is 17.8 Å². The SMILES string of the molecule is CC(C)(C)c1ccc(-c2ccc(-c3nc4c(s3)N(c3ccc(C(C)(C)C)cc3)c3cc(C56CC7CC(CC(C7)C5)C6)cc5c3B4c3cc(C(C)(C)C)ccc3N5c3ccc(C(C)(C)C)cc3)cc2)cc1. The van der Waals surface area contributed by atoms with Crippen molar-refractivity contribution in [1.82, 2.24) is 4.98 Å². The van der Waals surface area contributed by atoms with Gasteiger partial charge >= 0.3 is 0 Å². The van der Waals surface area contributed by atoms with Crippen LogP contribution in [-0.4, -0.2) is 11.7 Å². The van der Waals surface area contributed by atoms with E-state index in [1.807, 2.05) is 11.3 Å². The second kappa shape index (κ2) is 15.8. The van der Waals surface area contributed by atoms with Crippen LogP contribution in [0.4, 0.5) is 33.4 Å². The minimum absolute atomic E-state index is 0.0277. The van der Waals surface area contributed by atoms with E-state index in [1.165, 1.54) is 116 Å². The van der Waals surface area contributed by atoms with Crippen molar-refractivity contribution >= 4 is 68.0 Å². The highest BCUT2D eigenvalue weighted by atomic mass is 32.1. The first-order valence-electron chi connectivity index (χ1n) is 26.5. The molecule has 5 heteroatoms. The van der Waals surface area contributed by atoms with E-state index < -0.39 is 0 Å². The Kier molecular flexibility index (Phi) is 10.3. The van der Waals surface area contributed by atoms with E-state index in [4.69, 9.17) is 4.98 Å². The molecule has 0 spiro atoms. The van der Waals surface area contributed by atoms with Crippen LogP contribution >= 0.6 is 11.3 Å². The van der Waals surface area contributed by atoms with Crippen LogP contribution in [0.1, 0.15) is 149 Å². The van der Waals surface area contributed by atoms with Gasteiger partial charge in [-0.15, -0.1) is 0 Å². The maximum atomic E-state index is 5.88. The van der Waals surface area contributed by atoms with Gasteiger partial charge in [0.2, 0.25) is 0 Å². The second-order valence-electron chi connectivity index (χ2n) is 26.5. The van der Waals surface area contributed by atoms with Crippen LogP contribution in [-0.2, 0) is 27.1 Å². The highest BCUT2D eigenvalue weighted by Crippen LogP contribution is 2.62. The highest BCUT2D eigenvalue weighted by Gasteiger charge is 2.53. The lowest BCUT2D eigenvalue weighted by Gasteiger charge is -2.57. The summed E-state index contributed by atoms with van der Waals surface area (Å²) < 4.78 is 0. The molecule has 0 radical (unpaired) electrons. The Morgan fingerprint density at radius 1 is 0.471 bits per heavy atom. The van der Waals surface area contributed by atoms with Gasteiger partial charge in [-0.2, -0.15) is 0 Å². The second-order valence-corrected chi connectivity index (χ2v) is 27.4. The van der Waals surface area contributed by atoms with Gasteiger partial charge in [0.05, 0.1) is 5.59 Å². The van der Waals surface area contributed by atoms with Gasteiger partial charge in [0.1, 0.15) is 10.0 Å². The molecule has 70 heavy (non-hydrogen) atoms. The van der Waals surface area contributed by atoms with Gasteiger partial charge in [0, 0.05) is 34.0 Å². The fourth-order valence-corrected chi connectivity index (χ4v) is 14.9. The van der Waals surface area contributed by atoms with Gasteiger partial charge in [0.15, 0.2) is 0 Å². The van der Waals surface area contributed by atoms with E-state index in [0.29, 0.717) is 0 Å². The van der Waals surface area contributed by atoms with Crippen molar-refractivity contribution in [3.8, 4) is 21.7 Å². The number of hydrogen-bond acceptors (Lipinski definition) is 4. The van der Waals surface area contributed by atoms with Gasteiger partial charge in [-0.3, -0.25) is 0 Å². The summed E-state index contributed by atoms with van der Waals surface area (Å²) in [7, 11) is 0. The standard InChI is InChI=1S/C65H72BN3S/c1-61(2,3)46-19-17-44(18-20-46)43-13-15-45(16-14-43)59-67-58-60(70-59)69(52-28-23-48(24-29-52)63(7,8)9)56-36-50(65-37-40-31-41(38-65)33-42(32-40)39-65)35-55-57(56)66(58)53-34-49(64(10,11)12)25-30-54(53)68(55)51-26-21-47(22-27-51)62(4,5)6/h13-30,34-36,40-42H,31-33,37-39H2,1-12H3. The Morgan fingerprint density at radius 2 is 0.886 bits per heavy atom. The Hall–Kier alpha value is -5.39. The summed E-state index contributed by atoms with van der Waals surface area (Å²) in [6, 6.07) is 50.2. The zero-order valence-electron chi connectivity index (χ0n) is 43.9. The van der Waals surface area contributed by atoms with Crippen molar-refractivity contribution in [3.63, 3.8) is 0 Å². The molecule has 3 nitrogen and oxygen atoms in total. The number of aromatic nitrogens is 1. The molecule has 0 N–H and O–H groups in total. The number of thiazole rings is 1. The maximum absolute atomic E-state index is 5.88. The molecule has 4 bridgehead atoms. The molecule has 4 fully saturated rings.